The molecule has 0 spiro atoms. The first-order valence-electron chi connectivity index (χ1n) is 8.31. The lowest BCUT2D eigenvalue weighted by molar-refractivity contribution is -0.132. The molecule has 0 bridgehead atoms. The second-order valence-corrected chi connectivity index (χ2v) is 6.17. The first-order valence-corrected chi connectivity index (χ1v) is 8.31. The minimum Gasteiger partial charge on any atom is -0.341 e. The number of rotatable bonds is 6. The van der Waals surface area contributed by atoms with Gasteiger partial charge in [0.15, 0.2) is 0 Å². The number of amides is 1. The number of carbonyl (C=O) groups is 1. The monoisotopic (exact) mass is 312 g/mol. The molecule has 3 rings (SSSR count). The van der Waals surface area contributed by atoms with Crippen molar-refractivity contribution >= 4 is 5.91 Å². The summed E-state index contributed by atoms with van der Waals surface area (Å²) < 4.78 is 1.89. The van der Waals surface area contributed by atoms with Crippen molar-refractivity contribution in [2.45, 2.75) is 38.4 Å². The molecule has 1 amide bonds. The van der Waals surface area contributed by atoms with Gasteiger partial charge in [0.25, 0.3) is 0 Å². The minimum atomic E-state index is -0.292. The highest BCUT2D eigenvalue weighted by atomic mass is 16.2. The third-order valence-corrected chi connectivity index (χ3v) is 4.27. The third-order valence-electron chi connectivity index (χ3n) is 4.27. The van der Waals surface area contributed by atoms with Crippen LogP contribution in [0.3, 0.4) is 0 Å². The molecule has 122 valence electrons. The maximum absolute atomic E-state index is 12.9. The Morgan fingerprint density at radius 2 is 1.96 bits per heavy atom. The Morgan fingerprint density at radius 3 is 2.61 bits per heavy atom. The maximum Gasteiger partial charge on any atom is 0.244 e. The molecule has 1 aromatic carbocycles. The van der Waals surface area contributed by atoms with E-state index in [1.165, 1.54) is 0 Å². The van der Waals surface area contributed by atoms with Crippen LogP contribution in [0, 0.1) is 0 Å². The van der Waals surface area contributed by atoms with Crippen LogP contribution in [0.4, 0.5) is 0 Å². The van der Waals surface area contributed by atoms with Crippen molar-refractivity contribution in [2.24, 2.45) is 0 Å². The van der Waals surface area contributed by atoms with Crippen LogP contribution in [0.1, 0.15) is 31.4 Å². The van der Waals surface area contributed by atoms with Gasteiger partial charge >= 0.3 is 0 Å². The molecule has 23 heavy (non-hydrogen) atoms. The molecule has 5 nitrogen and oxygen atoms in total. The fourth-order valence-electron chi connectivity index (χ4n) is 3.10. The fraction of sp³-hybridized carbons (Fsp3) is 0.444. The van der Waals surface area contributed by atoms with Gasteiger partial charge in [0.2, 0.25) is 5.91 Å². The summed E-state index contributed by atoms with van der Waals surface area (Å²) in [7, 11) is 0. The second kappa shape index (κ2) is 7.42. The van der Waals surface area contributed by atoms with Crippen LogP contribution >= 0.6 is 0 Å². The Kier molecular flexibility index (Phi) is 5.08. The summed E-state index contributed by atoms with van der Waals surface area (Å²) in [5.41, 5.74) is 1.02. The number of nitrogens with zero attached hydrogens (tertiary/aromatic N) is 3. The highest BCUT2D eigenvalue weighted by Crippen LogP contribution is 2.20. The average Bonchev–Trinajstić information content (AvgIpc) is 3.26. The molecule has 1 fully saturated rings. The number of aromatic nitrogens is 2. The van der Waals surface area contributed by atoms with E-state index >= 15 is 0 Å². The van der Waals surface area contributed by atoms with Gasteiger partial charge < -0.3 is 4.90 Å². The fourth-order valence-corrected chi connectivity index (χ4v) is 3.10. The van der Waals surface area contributed by atoms with Gasteiger partial charge in [0.1, 0.15) is 6.04 Å². The van der Waals surface area contributed by atoms with E-state index in [1.54, 1.807) is 6.20 Å². The highest BCUT2D eigenvalue weighted by Gasteiger charge is 2.28. The van der Waals surface area contributed by atoms with Crippen molar-refractivity contribution in [3.63, 3.8) is 0 Å². The van der Waals surface area contributed by atoms with Crippen LogP contribution in [0.15, 0.2) is 48.8 Å². The van der Waals surface area contributed by atoms with E-state index in [0.717, 1.165) is 38.0 Å². The van der Waals surface area contributed by atoms with Gasteiger partial charge in [-0.3, -0.25) is 14.8 Å². The average molecular weight is 312 g/mol. The molecule has 1 aliphatic rings. The molecule has 2 atom stereocenters. The number of likely N-dealkylation sites (tertiary alicyclic amines) is 1. The summed E-state index contributed by atoms with van der Waals surface area (Å²) in [6.45, 7) is 4.58. The van der Waals surface area contributed by atoms with Crippen LogP contribution in [-0.4, -0.2) is 39.7 Å². The Balaban J connectivity index is 1.73. The largest absolute Gasteiger partial charge is 0.341 e. The van der Waals surface area contributed by atoms with Crippen LogP contribution in [0.5, 0.6) is 0 Å². The molecule has 2 aromatic rings. The quantitative estimate of drug-likeness (QED) is 0.890. The molecule has 0 radical (unpaired) electrons. The Bertz CT molecular complexity index is 605. The summed E-state index contributed by atoms with van der Waals surface area (Å²) in [6.07, 6.45) is 5.93. The number of carbonyl (C=O) groups excluding carboxylic acids is 1. The van der Waals surface area contributed by atoms with Gasteiger partial charge in [0.05, 0.1) is 6.54 Å². The van der Waals surface area contributed by atoms with Gasteiger partial charge in [-0.2, -0.15) is 5.10 Å². The topological polar surface area (TPSA) is 50.2 Å². The minimum absolute atomic E-state index is 0.145. The van der Waals surface area contributed by atoms with E-state index in [2.05, 4.69) is 17.3 Å². The zero-order valence-corrected chi connectivity index (χ0v) is 13.6. The molecule has 0 saturated carbocycles. The Morgan fingerprint density at radius 1 is 1.22 bits per heavy atom. The van der Waals surface area contributed by atoms with Crippen molar-refractivity contribution in [3.05, 3.63) is 54.4 Å². The van der Waals surface area contributed by atoms with E-state index in [0.29, 0.717) is 0 Å². The van der Waals surface area contributed by atoms with Gasteiger partial charge in [-0.25, -0.2) is 0 Å². The summed E-state index contributed by atoms with van der Waals surface area (Å²) in [6, 6.07) is 11.8. The van der Waals surface area contributed by atoms with Gasteiger partial charge in [0, 0.05) is 31.5 Å². The van der Waals surface area contributed by atoms with Crippen molar-refractivity contribution in [3.8, 4) is 0 Å². The second-order valence-electron chi connectivity index (χ2n) is 6.17. The van der Waals surface area contributed by atoms with Gasteiger partial charge in [-0.15, -0.1) is 0 Å². The van der Waals surface area contributed by atoms with Crippen molar-refractivity contribution in [1.29, 1.82) is 0 Å². The van der Waals surface area contributed by atoms with Crippen LogP contribution in [-0.2, 0) is 11.3 Å². The summed E-state index contributed by atoms with van der Waals surface area (Å²) >= 11 is 0. The van der Waals surface area contributed by atoms with Crippen LogP contribution in [0.2, 0.25) is 0 Å². The lowest BCUT2D eigenvalue weighted by atomic mass is 10.0. The van der Waals surface area contributed by atoms with E-state index < -0.39 is 0 Å². The normalized spacial score (nSPS) is 17.2. The standard InChI is InChI=1S/C18H24N4O/c1-15(14-22-13-7-10-19-22)20-17(16-8-3-2-4-9-16)18(23)21-11-5-6-12-21/h2-4,7-10,13,15,17,20H,5-6,11-12,14H2,1H3/t15-,17+/m1/s1. The Labute approximate surface area is 137 Å². The molecule has 0 unspecified atom stereocenters. The maximum atomic E-state index is 12.9. The lowest BCUT2D eigenvalue weighted by Crippen LogP contribution is -2.43. The molecular formula is C18H24N4O. The lowest BCUT2D eigenvalue weighted by Gasteiger charge is -2.27. The van der Waals surface area contributed by atoms with Crippen molar-refractivity contribution in [2.75, 3.05) is 13.1 Å². The molecule has 1 N–H and O–H groups in total. The molecule has 1 saturated heterocycles. The zero-order chi connectivity index (χ0) is 16.1. The Hall–Kier alpha value is -2.14. The first-order chi connectivity index (χ1) is 11.2. The molecule has 1 aliphatic heterocycles. The van der Waals surface area contributed by atoms with Crippen molar-refractivity contribution < 1.29 is 4.79 Å². The SMILES string of the molecule is C[C@H](Cn1cccn1)N[C@H](C(=O)N1CCCC1)c1ccccc1. The predicted octanol–water partition coefficient (Wildman–Crippen LogP) is 2.22. The molecule has 0 aliphatic carbocycles. The number of benzene rings is 1. The number of nitrogens with one attached hydrogen (secondary N) is 1. The van der Waals surface area contributed by atoms with E-state index in [-0.39, 0.29) is 18.0 Å². The molecular weight excluding hydrogens is 288 g/mol. The summed E-state index contributed by atoms with van der Waals surface area (Å²) in [4.78, 5) is 14.9. The molecule has 5 heteroatoms. The summed E-state index contributed by atoms with van der Waals surface area (Å²) in [5, 5.41) is 7.74. The molecule has 2 heterocycles. The number of hydrogen-bond acceptors (Lipinski definition) is 3. The highest BCUT2D eigenvalue weighted by molar-refractivity contribution is 5.83. The van der Waals surface area contributed by atoms with Gasteiger partial charge in [-0.1, -0.05) is 30.3 Å². The predicted molar refractivity (Wildman–Crippen MR) is 89.8 cm³/mol. The van der Waals surface area contributed by atoms with E-state index in [4.69, 9.17) is 0 Å². The van der Waals surface area contributed by atoms with Gasteiger partial charge in [-0.05, 0) is 31.4 Å². The van der Waals surface area contributed by atoms with E-state index in [9.17, 15) is 4.79 Å². The molecule has 1 aromatic heterocycles. The van der Waals surface area contributed by atoms with Crippen LogP contribution in [0.25, 0.3) is 0 Å². The zero-order valence-electron chi connectivity index (χ0n) is 13.6. The van der Waals surface area contributed by atoms with Crippen LogP contribution < -0.4 is 5.32 Å². The third kappa shape index (κ3) is 3.99. The van der Waals surface area contributed by atoms with E-state index in [1.807, 2.05) is 52.2 Å². The van der Waals surface area contributed by atoms with Crippen molar-refractivity contribution in [1.82, 2.24) is 20.0 Å². The number of hydrogen-bond donors (Lipinski definition) is 1. The summed E-state index contributed by atoms with van der Waals surface area (Å²) in [5.74, 6) is 0.181. The smallest absolute Gasteiger partial charge is 0.244 e. The first kappa shape index (κ1) is 15.7.